The fraction of sp³-hybridized carbons (Fsp3) is 0.793. The molecule has 1 aromatic rings. The van der Waals surface area contributed by atoms with Gasteiger partial charge in [-0.25, -0.2) is 0 Å². The van der Waals surface area contributed by atoms with E-state index in [1.165, 1.54) is 81.2 Å². The molecule has 0 unspecified atom stereocenters. The normalized spacial score (nSPS) is 12.5. The molecule has 0 spiro atoms. The maximum atomic E-state index is 6.39. The van der Waals surface area contributed by atoms with Crippen LogP contribution in [-0.2, 0) is 11.0 Å². The van der Waals surface area contributed by atoms with Gasteiger partial charge in [0.2, 0.25) is 0 Å². The van der Waals surface area contributed by atoms with Crippen LogP contribution in [0.2, 0.25) is 18.1 Å². The highest BCUT2D eigenvalue weighted by Crippen LogP contribution is 2.37. The molecule has 1 rings (SSSR count). The van der Waals surface area contributed by atoms with E-state index in [0.29, 0.717) is 6.61 Å². The fourth-order valence-corrected chi connectivity index (χ4v) is 5.06. The molecular formula is C29H56FNO2Si. The Kier molecular flexibility index (Phi) is 16.3. The third-order valence-corrected chi connectivity index (χ3v) is 12.0. The zero-order chi connectivity index (χ0) is 24.8. The lowest BCUT2D eigenvalue weighted by Gasteiger charge is -2.39. The fourth-order valence-electron chi connectivity index (χ4n) is 4.10. The van der Waals surface area contributed by atoms with Gasteiger partial charge in [0.15, 0.2) is 8.32 Å². The third-order valence-electron chi connectivity index (χ3n) is 7.56. The summed E-state index contributed by atoms with van der Waals surface area (Å²) < 4.78 is 13.9. The lowest BCUT2D eigenvalue weighted by atomic mass is 10.1. The van der Waals surface area contributed by atoms with Gasteiger partial charge in [0.05, 0.1) is 39.4 Å². The Morgan fingerprint density at radius 1 is 0.794 bits per heavy atom. The van der Waals surface area contributed by atoms with Gasteiger partial charge in [0, 0.05) is 0 Å². The Balaban J connectivity index is 0.0000109. The van der Waals surface area contributed by atoms with Crippen molar-refractivity contribution in [3.8, 4) is 5.75 Å². The van der Waals surface area contributed by atoms with Gasteiger partial charge in [-0.05, 0) is 67.9 Å². The number of unbranched alkanes of at least 4 members (excludes halogenated alkanes) is 4. The zero-order valence-electron chi connectivity index (χ0n) is 23.9. The van der Waals surface area contributed by atoms with Gasteiger partial charge < -0.3 is 18.4 Å². The summed E-state index contributed by atoms with van der Waals surface area (Å²) in [4.78, 5) is 0. The predicted octanol–water partition coefficient (Wildman–Crippen LogP) is 5.59. The monoisotopic (exact) mass is 497 g/mol. The SMILES string of the molecule is CCCC[N+](CCCC)(CCCC)CCCCOc1cccc(CO[Si](C)(C)C(C)(C)C)c1.[F-]. The number of halogens is 1. The number of ether oxygens (including phenoxy) is 1. The molecule has 0 atom stereocenters. The van der Waals surface area contributed by atoms with Crippen molar-refractivity contribution in [2.45, 2.75) is 118 Å². The van der Waals surface area contributed by atoms with Gasteiger partial charge in [-0.3, -0.25) is 0 Å². The van der Waals surface area contributed by atoms with Crippen molar-refractivity contribution in [2.24, 2.45) is 0 Å². The molecule has 0 N–H and O–H groups in total. The molecule has 5 heteroatoms. The Hall–Kier alpha value is -0.913. The van der Waals surface area contributed by atoms with E-state index in [1.54, 1.807) is 0 Å². The number of benzene rings is 1. The van der Waals surface area contributed by atoms with Crippen LogP contribution in [0.15, 0.2) is 24.3 Å². The second kappa shape index (κ2) is 16.7. The molecule has 0 saturated carbocycles. The Morgan fingerprint density at radius 3 is 1.82 bits per heavy atom. The molecule has 1 aromatic carbocycles. The lowest BCUT2D eigenvalue weighted by Crippen LogP contribution is -3.00. The highest BCUT2D eigenvalue weighted by atomic mass is 28.4. The Bertz CT molecular complexity index is 623. The molecule has 0 amide bonds. The molecule has 200 valence electrons. The first-order chi connectivity index (χ1) is 15.6. The Labute approximate surface area is 212 Å². The molecule has 0 saturated heterocycles. The van der Waals surface area contributed by atoms with Gasteiger partial charge in [0.25, 0.3) is 0 Å². The molecule has 0 radical (unpaired) electrons. The molecule has 0 heterocycles. The first kappa shape index (κ1) is 33.1. The van der Waals surface area contributed by atoms with Gasteiger partial charge in [0.1, 0.15) is 5.75 Å². The van der Waals surface area contributed by atoms with E-state index < -0.39 is 8.32 Å². The number of hydrogen-bond donors (Lipinski definition) is 0. The van der Waals surface area contributed by atoms with Crippen LogP contribution >= 0.6 is 0 Å². The van der Waals surface area contributed by atoms with E-state index in [2.05, 4.69) is 78.9 Å². The van der Waals surface area contributed by atoms with Crippen molar-refractivity contribution in [3.05, 3.63) is 29.8 Å². The molecule has 0 fully saturated rings. The van der Waals surface area contributed by atoms with Crippen molar-refractivity contribution in [1.29, 1.82) is 0 Å². The minimum Gasteiger partial charge on any atom is -1.00 e. The molecule has 0 aromatic heterocycles. The predicted molar refractivity (Wildman–Crippen MR) is 148 cm³/mol. The average Bonchev–Trinajstić information content (AvgIpc) is 2.77. The molecule has 34 heavy (non-hydrogen) atoms. The van der Waals surface area contributed by atoms with Crippen LogP contribution in [0.25, 0.3) is 0 Å². The van der Waals surface area contributed by atoms with E-state index in [-0.39, 0.29) is 9.74 Å². The molecule has 0 bridgehead atoms. The van der Waals surface area contributed by atoms with Crippen LogP contribution in [0.1, 0.15) is 98.5 Å². The smallest absolute Gasteiger partial charge is 0.192 e. The summed E-state index contributed by atoms with van der Waals surface area (Å²) in [6.45, 7) is 25.3. The molecule has 0 aliphatic heterocycles. The molecular weight excluding hydrogens is 441 g/mol. The summed E-state index contributed by atoms with van der Waals surface area (Å²) in [6.07, 6.45) is 10.4. The zero-order valence-corrected chi connectivity index (χ0v) is 24.9. The van der Waals surface area contributed by atoms with E-state index in [9.17, 15) is 0 Å². The topological polar surface area (TPSA) is 18.5 Å². The second-order valence-corrected chi connectivity index (χ2v) is 16.4. The van der Waals surface area contributed by atoms with E-state index >= 15 is 0 Å². The lowest BCUT2D eigenvalue weighted by molar-refractivity contribution is -0.929. The van der Waals surface area contributed by atoms with Crippen LogP contribution in [0.4, 0.5) is 0 Å². The van der Waals surface area contributed by atoms with Crippen molar-refractivity contribution >= 4 is 8.32 Å². The largest absolute Gasteiger partial charge is 1.00 e. The van der Waals surface area contributed by atoms with Crippen LogP contribution < -0.4 is 9.44 Å². The summed E-state index contributed by atoms with van der Waals surface area (Å²) in [5.41, 5.74) is 1.21. The van der Waals surface area contributed by atoms with Crippen molar-refractivity contribution in [1.82, 2.24) is 0 Å². The second-order valence-electron chi connectivity index (χ2n) is 11.5. The maximum Gasteiger partial charge on any atom is 0.192 e. The number of quaternary nitrogens is 1. The highest BCUT2D eigenvalue weighted by Gasteiger charge is 2.37. The quantitative estimate of drug-likeness (QED) is 0.150. The van der Waals surface area contributed by atoms with Gasteiger partial charge in [-0.2, -0.15) is 0 Å². The van der Waals surface area contributed by atoms with Crippen molar-refractivity contribution in [2.75, 3.05) is 32.8 Å². The van der Waals surface area contributed by atoms with Crippen molar-refractivity contribution in [3.63, 3.8) is 0 Å². The standard InChI is InChI=1S/C29H56NO2Si.FH/c1-9-12-20-30(21-13-10-2,22-14-11-3)23-15-16-24-31-28-19-17-18-27(25-28)26-32-33(7,8)29(4,5)6;/h17-19,25H,9-16,20-24,26H2,1-8H3;1H/q+1;/p-1. The summed E-state index contributed by atoms with van der Waals surface area (Å²) in [5.74, 6) is 0.982. The number of rotatable bonds is 18. The number of nitrogens with zero attached hydrogens (tertiary/aromatic N) is 1. The third kappa shape index (κ3) is 12.2. The minimum absolute atomic E-state index is 0. The van der Waals surface area contributed by atoms with E-state index in [4.69, 9.17) is 9.16 Å². The van der Waals surface area contributed by atoms with Crippen LogP contribution in [-0.4, -0.2) is 45.6 Å². The minimum atomic E-state index is -1.73. The summed E-state index contributed by atoms with van der Waals surface area (Å²) in [7, 11) is -1.73. The number of hydrogen-bond acceptors (Lipinski definition) is 2. The first-order valence-electron chi connectivity index (χ1n) is 13.8. The first-order valence-corrected chi connectivity index (χ1v) is 16.7. The summed E-state index contributed by atoms with van der Waals surface area (Å²) in [5, 5.41) is 0.236. The molecule has 0 aliphatic rings. The van der Waals surface area contributed by atoms with Crippen LogP contribution in [0.5, 0.6) is 5.75 Å². The van der Waals surface area contributed by atoms with Crippen LogP contribution in [0, 0.1) is 0 Å². The average molecular weight is 498 g/mol. The Morgan fingerprint density at radius 2 is 1.32 bits per heavy atom. The summed E-state index contributed by atoms with van der Waals surface area (Å²) >= 11 is 0. The molecule has 0 aliphatic carbocycles. The van der Waals surface area contributed by atoms with Gasteiger partial charge in [-0.1, -0.05) is 72.9 Å². The highest BCUT2D eigenvalue weighted by molar-refractivity contribution is 6.74. The van der Waals surface area contributed by atoms with Gasteiger partial charge in [-0.15, -0.1) is 0 Å². The summed E-state index contributed by atoms with van der Waals surface area (Å²) in [6, 6.07) is 8.50. The van der Waals surface area contributed by atoms with Crippen LogP contribution in [0.3, 0.4) is 0 Å². The maximum absolute atomic E-state index is 6.39. The van der Waals surface area contributed by atoms with E-state index in [0.717, 1.165) is 18.8 Å². The van der Waals surface area contributed by atoms with Gasteiger partial charge >= 0.3 is 0 Å². The van der Waals surface area contributed by atoms with Crippen molar-refractivity contribution < 1.29 is 18.4 Å². The van der Waals surface area contributed by atoms with E-state index in [1.807, 2.05) is 0 Å². The molecule has 3 nitrogen and oxygen atoms in total.